The van der Waals surface area contributed by atoms with Crippen molar-refractivity contribution >= 4 is 0 Å². The van der Waals surface area contributed by atoms with Crippen LogP contribution in [0.2, 0.25) is 0 Å². The smallest absolute Gasteiger partial charge is 0.0409 e. The van der Waals surface area contributed by atoms with Crippen LogP contribution in [0.3, 0.4) is 0 Å². The second-order valence-corrected chi connectivity index (χ2v) is 4.64. The fraction of sp³-hybridized carbons (Fsp3) is 1.00. The molecule has 98 valence electrons. The van der Waals surface area contributed by atoms with Gasteiger partial charge in [-0.05, 0) is 32.6 Å². The lowest BCUT2D eigenvalue weighted by Gasteiger charge is -2.37. The summed E-state index contributed by atoms with van der Waals surface area (Å²) in [5, 5.41) is 0. The number of nitrogens with two attached hydrogens (primary N) is 1. The van der Waals surface area contributed by atoms with Gasteiger partial charge in [-0.3, -0.25) is 0 Å². The van der Waals surface area contributed by atoms with E-state index in [2.05, 4.69) is 44.4 Å². The average Bonchev–Trinajstić information content (AvgIpc) is 2.33. The SMILES string of the molecule is CCN(CC)CC(N)(CC)CN(CC)CC. The van der Waals surface area contributed by atoms with Crippen molar-refractivity contribution in [3.05, 3.63) is 0 Å². The van der Waals surface area contributed by atoms with E-state index in [9.17, 15) is 0 Å². The fourth-order valence-corrected chi connectivity index (χ4v) is 2.06. The molecule has 0 spiro atoms. The summed E-state index contributed by atoms with van der Waals surface area (Å²) in [5.41, 5.74) is 6.46. The van der Waals surface area contributed by atoms with Crippen LogP contribution in [0, 0.1) is 0 Å². The number of hydrogen-bond donors (Lipinski definition) is 1. The molecule has 2 N–H and O–H groups in total. The van der Waals surface area contributed by atoms with E-state index in [0.29, 0.717) is 0 Å². The van der Waals surface area contributed by atoms with Crippen molar-refractivity contribution in [3.63, 3.8) is 0 Å². The molecular formula is C13H31N3. The zero-order valence-electron chi connectivity index (χ0n) is 11.9. The van der Waals surface area contributed by atoms with Gasteiger partial charge in [-0.1, -0.05) is 34.6 Å². The Morgan fingerprint density at radius 2 is 1.06 bits per heavy atom. The molecule has 0 rings (SSSR count). The minimum atomic E-state index is -0.0575. The van der Waals surface area contributed by atoms with Gasteiger partial charge in [0, 0.05) is 18.6 Å². The van der Waals surface area contributed by atoms with Gasteiger partial charge in [0.05, 0.1) is 0 Å². The lowest BCUT2D eigenvalue weighted by atomic mass is 9.95. The van der Waals surface area contributed by atoms with Gasteiger partial charge in [0.25, 0.3) is 0 Å². The highest BCUT2D eigenvalue weighted by atomic mass is 15.2. The second kappa shape index (κ2) is 8.04. The molecule has 0 aromatic rings. The summed E-state index contributed by atoms with van der Waals surface area (Å²) in [7, 11) is 0. The zero-order valence-corrected chi connectivity index (χ0v) is 11.9. The quantitative estimate of drug-likeness (QED) is 0.654. The van der Waals surface area contributed by atoms with Crippen LogP contribution < -0.4 is 5.73 Å². The van der Waals surface area contributed by atoms with Gasteiger partial charge in [0.1, 0.15) is 0 Å². The molecule has 3 heteroatoms. The first-order valence-electron chi connectivity index (χ1n) is 6.78. The van der Waals surface area contributed by atoms with Crippen molar-refractivity contribution in [2.24, 2.45) is 5.73 Å². The van der Waals surface area contributed by atoms with Crippen molar-refractivity contribution in [1.29, 1.82) is 0 Å². The van der Waals surface area contributed by atoms with Gasteiger partial charge < -0.3 is 15.5 Å². The Kier molecular flexibility index (Phi) is 7.98. The van der Waals surface area contributed by atoms with E-state index in [1.807, 2.05) is 0 Å². The Labute approximate surface area is 102 Å². The largest absolute Gasteiger partial charge is 0.323 e. The monoisotopic (exact) mass is 229 g/mol. The molecule has 0 aliphatic rings. The fourth-order valence-electron chi connectivity index (χ4n) is 2.06. The molecule has 0 saturated heterocycles. The Morgan fingerprint density at radius 3 is 1.25 bits per heavy atom. The number of likely N-dealkylation sites (N-methyl/N-ethyl adjacent to an activating group) is 2. The Bertz CT molecular complexity index is 149. The molecule has 0 aromatic carbocycles. The molecule has 0 aromatic heterocycles. The van der Waals surface area contributed by atoms with Crippen LogP contribution in [0.5, 0.6) is 0 Å². The molecule has 0 radical (unpaired) electrons. The lowest BCUT2D eigenvalue weighted by molar-refractivity contribution is 0.161. The third kappa shape index (κ3) is 5.28. The lowest BCUT2D eigenvalue weighted by Crippen LogP contribution is -2.56. The van der Waals surface area contributed by atoms with E-state index in [1.165, 1.54) is 0 Å². The van der Waals surface area contributed by atoms with Gasteiger partial charge in [0.15, 0.2) is 0 Å². The highest BCUT2D eigenvalue weighted by Crippen LogP contribution is 2.11. The number of hydrogen-bond acceptors (Lipinski definition) is 3. The molecule has 16 heavy (non-hydrogen) atoms. The maximum atomic E-state index is 6.52. The zero-order chi connectivity index (χ0) is 12.6. The molecule has 0 atom stereocenters. The highest BCUT2D eigenvalue weighted by molar-refractivity contribution is 4.89. The van der Waals surface area contributed by atoms with Crippen LogP contribution >= 0.6 is 0 Å². The summed E-state index contributed by atoms with van der Waals surface area (Å²) >= 11 is 0. The van der Waals surface area contributed by atoms with Gasteiger partial charge in [-0.25, -0.2) is 0 Å². The summed E-state index contributed by atoms with van der Waals surface area (Å²) in [6.45, 7) is 17.4. The average molecular weight is 229 g/mol. The molecule has 0 saturated carbocycles. The van der Waals surface area contributed by atoms with Crippen molar-refractivity contribution in [3.8, 4) is 0 Å². The van der Waals surface area contributed by atoms with Crippen LogP contribution in [0.4, 0.5) is 0 Å². The van der Waals surface area contributed by atoms with E-state index in [1.54, 1.807) is 0 Å². The van der Waals surface area contributed by atoms with Crippen molar-refractivity contribution in [1.82, 2.24) is 9.80 Å². The van der Waals surface area contributed by atoms with Gasteiger partial charge in [0.2, 0.25) is 0 Å². The van der Waals surface area contributed by atoms with E-state index >= 15 is 0 Å². The van der Waals surface area contributed by atoms with Crippen LogP contribution in [0.25, 0.3) is 0 Å². The molecular weight excluding hydrogens is 198 g/mol. The summed E-state index contributed by atoms with van der Waals surface area (Å²) in [4.78, 5) is 4.85. The molecule has 3 nitrogen and oxygen atoms in total. The molecule has 0 bridgehead atoms. The van der Waals surface area contributed by atoms with E-state index in [4.69, 9.17) is 5.73 Å². The van der Waals surface area contributed by atoms with Gasteiger partial charge >= 0.3 is 0 Å². The van der Waals surface area contributed by atoms with E-state index in [-0.39, 0.29) is 5.54 Å². The topological polar surface area (TPSA) is 32.5 Å². The minimum Gasteiger partial charge on any atom is -0.323 e. The van der Waals surface area contributed by atoms with Crippen molar-refractivity contribution < 1.29 is 0 Å². The second-order valence-electron chi connectivity index (χ2n) is 4.64. The number of rotatable bonds is 9. The maximum Gasteiger partial charge on any atom is 0.0409 e. The summed E-state index contributed by atoms with van der Waals surface area (Å²) in [5.74, 6) is 0. The summed E-state index contributed by atoms with van der Waals surface area (Å²) in [6.07, 6.45) is 1.04. The molecule has 0 heterocycles. The predicted octanol–water partition coefficient (Wildman–Crippen LogP) is 1.78. The van der Waals surface area contributed by atoms with Crippen molar-refractivity contribution in [2.45, 2.75) is 46.6 Å². The molecule has 0 aliphatic heterocycles. The van der Waals surface area contributed by atoms with Crippen LogP contribution in [0.15, 0.2) is 0 Å². The van der Waals surface area contributed by atoms with Gasteiger partial charge in [-0.2, -0.15) is 0 Å². The molecule has 0 amide bonds. The third-order valence-corrected chi connectivity index (χ3v) is 3.57. The first-order valence-corrected chi connectivity index (χ1v) is 6.78. The third-order valence-electron chi connectivity index (χ3n) is 3.57. The van der Waals surface area contributed by atoms with Crippen LogP contribution in [-0.2, 0) is 0 Å². The first-order chi connectivity index (χ1) is 7.55. The molecule has 0 fully saturated rings. The standard InChI is InChI=1S/C13H31N3/c1-6-13(14,11-15(7-2)8-3)12-16(9-4)10-5/h6-12,14H2,1-5H3. The Balaban J connectivity index is 4.38. The van der Waals surface area contributed by atoms with Gasteiger partial charge in [-0.15, -0.1) is 0 Å². The van der Waals surface area contributed by atoms with E-state index < -0.39 is 0 Å². The van der Waals surface area contributed by atoms with Crippen LogP contribution in [-0.4, -0.2) is 54.6 Å². The number of nitrogens with zero attached hydrogens (tertiary/aromatic N) is 2. The normalized spacial score (nSPS) is 12.8. The predicted molar refractivity (Wildman–Crippen MR) is 72.8 cm³/mol. The summed E-state index contributed by atoms with van der Waals surface area (Å²) < 4.78 is 0. The maximum absolute atomic E-state index is 6.52. The minimum absolute atomic E-state index is 0.0575. The molecule has 0 unspecified atom stereocenters. The highest BCUT2D eigenvalue weighted by Gasteiger charge is 2.26. The Morgan fingerprint density at radius 1 is 0.750 bits per heavy atom. The van der Waals surface area contributed by atoms with Crippen LogP contribution in [0.1, 0.15) is 41.0 Å². The van der Waals surface area contributed by atoms with E-state index in [0.717, 1.165) is 45.7 Å². The molecule has 0 aliphatic carbocycles. The first kappa shape index (κ1) is 15.9. The summed E-state index contributed by atoms with van der Waals surface area (Å²) in [6, 6.07) is 0. The van der Waals surface area contributed by atoms with Crippen molar-refractivity contribution in [2.75, 3.05) is 39.3 Å². The Hall–Kier alpha value is -0.120.